The summed E-state index contributed by atoms with van der Waals surface area (Å²) in [5.74, 6) is -6.19. The summed E-state index contributed by atoms with van der Waals surface area (Å²) >= 11 is 0. The largest absolute Gasteiger partial charge is 0.545 e. The maximum atomic E-state index is 9.41. The third-order valence-electron chi connectivity index (χ3n) is 3.81. The number of piperazine rings is 2. The first-order valence-electron chi connectivity index (χ1n) is 9.50. The Morgan fingerprint density at radius 3 is 0.867 bits per heavy atom. The topological polar surface area (TPSA) is 203 Å². The van der Waals surface area contributed by atoms with Gasteiger partial charge in [-0.25, -0.2) is 0 Å². The fourth-order valence-electron chi connectivity index (χ4n) is 2.20. The van der Waals surface area contributed by atoms with Crippen molar-refractivity contribution >= 4 is 23.9 Å². The van der Waals surface area contributed by atoms with Crippen LogP contribution in [0.15, 0.2) is 24.3 Å². The molecule has 0 spiro atoms. The molecule has 12 heteroatoms. The van der Waals surface area contributed by atoms with Gasteiger partial charge in [-0.1, -0.05) is 0 Å². The molecule has 0 aromatic rings. The van der Waals surface area contributed by atoms with Gasteiger partial charge in [-0.3, -0.25) is 0 Å². The second-order valence-electron chi connectivity index (χ2n) is 6.59. The zero-order valence-electron chi connectivity index (χ0n) is 17.4. The first kappa shape index (κ1) is 29.4. The molecule has 6 N–H and O–H groups in total. The second-order valence-corrected chi connectivity index (χ2v) is 6.59. The van der Waals surface area contributed by atoms with Gasteiger partial charge in [-0.15, -0.1) is 0 Å². The molecule has 12 nitrogen and oxygen atoms in total. The summed E-state index contributed by atoms with van der Waals surface area (Å²) in [6.07, 6.45) is 1.54. The Labute approximate surface area is 175 Å². The lowest BCUT2D eigenvalue weighted by Gasteiger charge is -2.16. The zero-order chi connectivity index (χ0) is 23.4. The molecule has 0 aromatic carbocycles. The number of nitrogens with two attached hydrogens (primary N) is 2. The predicted octanol–water partition coefficient (Wildman–Crippen LogP) is -11.8. The van der Waals surface area contributed by atoms with E-state index in [-0.39, 0.29) is 0 Å². The number of quaternary nitrogens is 4. The van der Waals surface area contributed by atoms with Gasteiger partial charge in [0.05, 0.1) is 38.0 Å². The summed E-state index contributed by atoms with van der Waals surface area (Å²) in [6.45, 7) is 10.7. The molecule has 0 atom stereocenters. The molecule has 172 valence electrons. The van der Waals surface area contributed by atoms with Crippen LogP contribution in [0, 0.1) is 0 Å². The van der Waals surface area contributed by atoms with Gasteiger partial charge in [0.2, 0.25) is 0 Å². The molecule has 2 fully saturated rings. The van der Waals surface area contributed by atoms with Crippen molar-refractivity contribution in [2.75, 3.05) is 66.5 Å². The molecule has 0 aromatic heterocycles. The van der Waals surface area contributed by atoms with Crippen LogP contribution in [0.1, 0.15) is 0 Å². The number of carboxylic acids is 4. The molecule has 2 rings (SSSR count). The number of hydrogen-bond donors (Lipinski definition) is 4. The molecular weight excluding hydrogens is 400 g/mol. The molecule has 0 bridgehead atoms. The number of nitrogens with one attached hydrogen (secondary N) is 2. The van der Waals surface area contributed by atoms with Gasteiger partial charge >= 0.3 is 0 Å². The maximum Gasteiger partial charge on any atom is 0.127 e. The summed E-state index contributed by atoms with van der Waals surface area (Å²) in [5, 5.41) is 42.4. The minimum absolute atomic E-state index is 0.384. The van der Waals surface area contributed by atoms with Gasteiger partial charge < -0.3 is 60.0 Å². The van der Waals surface area contributed by atoms with Crippen LogP contribution in [-0.4, -0.2) is 90.3 Å². The van der Waals surface area contributed by atoms with Crippen LogP contribution < -0.4 is 40.9 Å². The summed E-state index contributed by atoms with van der Waals surface area (Å²) in [5.41, 5.74) is 0. The van der Waals surface area contributed by atoms with Crippen molar-refractivity contribution in [3.05, 3.63) is 24.3 Å². The van der Waals surface area contributed by atoms with Crippen molar-refractivity contribution in [1.29, 1.82) is 0 Å². The zero-order valence-corrected chi connectivity index (χ0v) is 17.4. The van der Waals surface area contributed by atoms with E-state index in [0.717, 1.165) is 0 Å². The van der Waals surface area contributed by atoms with Gasteiger partial charge in [0.1, 0.15) is 52.4 Å². The van der Waals surface area contributed by atoms with Crippen LogP contribution >= 0.6 is 0 Å². The number of carboxylic acid groups (broad SMARTS) is 4. The van der Waals surface area contributed by atoms with E-state index in [2.05, 4.69) is 24.7 Å². The lowest BCUT2D eigenvalue weighted by atomic mass is 10.4. The first-order valence-corrected chi connectivity index (χ1v) is 9.50. The average Bonchev–Trinajstić information content (AvgIpc) is 2.67. The molecule has 2 saturated heterocycles. The van der Waals surface area contributed by atoms with E-state index in [4.69, 9.17) is 0 Å². The summed E-state index contributed by atoms with van der Waals surface area (Å²) in [7, 11) is 4.51. The number of aliphatic carboxylic acids is 4. The molecule has 2 aliphatic heterocycles. The molecule has 2 heterocycles. The SMILES string of the molecule is C[NH+]1CC[NH2+]CC1.C[NH+]1CC[NH2+]CC1.O=C([O-])/C=C\C(=O)[O-].O=C([O-])/C=C\C(=O)[O-]. The maximum absolute atomic E-state index is 9.41. The van der Waals surface area contributed by atoms with Crippen molar-refractivity contribution in [3.8, 4) is 0 Å². The Balaban J connectivity index is 0. The fourth-order valence-corrected chi connectivity index (χ4v) is 2.20. The van der Waals surface area contributed by atoms with Gasteiger partial charge in [0, 0.05) is 0 Å². The van der Waals surface area contributed by atoms with E-state index in [1.54, 1.807) is 9.80 Å². The van der Waals surface area contributed by atoms with E-state index >= 15 is 0 Å². The number of carbonyl (C=O) groups excluding carboxylic acids is 4. The normalized spacial score (nSPS) is 16.9. The standard InChI is InChI=1S/2C5H12N2.2C4H4O4/c2*1-7-4-2-6-3-5-7;2*5-3(6)1-2-4(7)8/h2*6H,2-5H2,1H3;2*1-2H,(H,5,6)(H,7,8)/b;;2*2-1-. The van der Waals surface area contributed by atoms with E-state index < -0.39 is 23.9 Å². The number of carbonyl (C=O) groups is 4. The number of likely N-dealkylation sites (N-methyl/N-ethyl adjacent to an activating group) is 2. The van der Waals surface area contributed by atoms with Crippen molar-refractivity contribution in [3.63, 3.8) is 0 Å². The van der Waals surface area contributed by atoms with Crippen LogP contribution in [0.25, 0.3) is 0 Å². The Kier molecular flexibility index (Phi) is 19.1. The Morgan fingerprint density at radius 1 is 0.567 bits per heavy atom. The highest BCUT2D eigenvalue weighted by molar-refractivity contribution is 5.88. The monoisotopic (exact) mass is 432 g/mol. The molecule has 0 unspecified atom stereocenters. The highest BCUT2D eigenvalue weighted by Gasteiger charge is 2.08. The van der Waals surface area contributed by atoms with Crippen LogP contribution in [0.4, 0.5) is 0 Å². The van der Waals surface area contributed by atoms with Crippen molar-refractivity contribution in [2.24, 2.45) is 0 Å². The van der Waals surface area contributed by atoms with E-state index in [0.29, 0.717) is 24.3 Å². The van der Waals surface area contributed by atoms with Crippen LogP contribution in [0.3, 0.4) is 0 Å². The highest BCUT2D eigenvalue weighted by atomic mass is 16.4. The van der Waals surface area contributed by atoms with E-state index in [9.17, 15) is 39.6 Å². The minimum Gasteiger partial charge on any atom is -0.545 e. The number of hydrogen-bond acceptors (Lipinski definition) is 8. The lowest BCUT2D eigenvalue weighted by molar-refractivity contribution is -0.930. The quantitative estimate of drug-likeness (QED) is 0.313. The predicted molar refractivity (Wildman–Crippen MR) is 94.9 cm³/mol. The Hall–Kier alpha value is -2.80. The second kappa shape index (κ2) is 19.5. The molecule has 0 aliphatic carbocycles. The van der Waals surface area contributed by atoms with Gasteiger partial charge in [-0.2, -0.15) is 0 Å². The summed E-state index contributed by atoms with van der Waals surface area (Å²) < 4.78 is 0. The average molecular weight is 432 g/mol. The van der Waals surface area contributed by atoms with Gasteiger partial charge in [0.15, 0.2) is 0 Å². The minimum atomic E-state index is -1.55. The first-order chi connectivity index (χ1) is 14.0. The molecule has 0 radical (unpaired) electrons. The molecule has 0 saturated carbocycles. The third kappa shape index (κ3) is 27.4. The van der Waals surface area contributed by atoms with Crippen LogP contribution in [0.5, 0.6) is 0 Å². The molecular formula is C18H32N4O8. The summed E-state index contributed by atoms with van der Waals surface area (Å²) in [4.78, 5) is 41.0. The van der Waals surface area contributed by atoms with Crippen molar-refractivity contribution < 1.29 is 60.0 Å². The third-order valence-corrected chi connectivity index (χ3v) is 3.81. The van der Waals surface area contributed by atoms with E-state index in [1.165, 1.54) is 52.4 Å². The van der Waals surface area contributed by atoms with E-state index in [1.807, 2.05) is 0 Å². The summed E-state index contributed by atoms with van der Waals surface area (Å²) in [6, 6.07) is 0. The highest BCUT2D eigenvalue weighted by Crippen LogP contribution is 1.64. The van der Waals surface area contributed by atoms with Crippen molar-refractivity contribution in [1.82, 2.24) is 0 Å². The molecule has 0 amide bonds. The Bertz CT molecular complexity index is 487. The molecule has 30 heavy (non-hydrogen) atoms. The number of rotatable bonds is 4. The fraction of sp³-hybridized carbons (Fsp3) is 0.556. The molecule has 2 aliphatic rings. The smallest absolute Gasteiger partial charge is 0.127 e. The lowest BCUT2D eigenvalue weighted by Crippen LogP contribution is -3.18. The van der Waals surface area contributed by atoms with Crippen molar-refractivity contribution in [2.45, 2.75) is 0 Å². The van der Waals surface area contributed by atoms with Crippen LogP contribution in [-0.2, 0) is 19.2 Å². The van der Waals surface area contributed by atoms with Crippen LogP contribution in [0.2, 0.25) is 0 Å². The van der Waals surface area contributed by atoms with Gasteiger partial charge in [-0.05, 0) is 24.3 Å². The van der Waals surface area contributed by atoms with Gasteiger partial charge in [0.25, 0.3) is 0 Å². The Morgan fingerprint density at radius 2 is 0.767 bits per heavy atom.